The summed E-state index contributed by atoms with van der Waals surface area (Å²) in [5.74, 6) is -0.250. The second-order valence-corrected chi connectivity index (χ2v) is 6.18. The van der Waals surface area contributed by atoms with Crippen molar-refractivity contribution >= 4 is 15.7 Å². The molecular formula is C11H15FN2O2S. The van der Waals surface area contributed by atoms with Crippen LogP contribution in [0.3, 0.4) is 0 Å². The first kappa shape index (κ1) is 12.3. The largest absolute Gasteiger partial charge is 0.399 e. The summed E-state index contributed by atoms with van der Waals surface area (Å²) in [6.07, 6.45) is 2.07. The molecule has 4 nitrogen and oxygen atoms in total. The van der Waals surface area contributed by atoms with E-state index in [0.29, 0.717) is 5.92 Å². The van der Waals surface area contributed by atoms with Crippen LogP contribution in [0.1, 0.15) is 19.8 Å². The number of nitrogen functional groups attached to an aromatic ring is 1. The third-order valence-electron chi connectivity index (χ3n) is 2.87. The molecule has 0 radical (unpaired) electrons. The molecule has 0 bridgehead atoms. The highest BCUT2D eigenvalue weighted by Gasteiger charge is 2.31. The topological polar surface area (TPSA) is 72.2 Å². The summed E-state index contributed by atoms with van der Waals surface area (Å²) in [7, 11) is -3.68. The van der Waals surface area contributed by atoms with Crippen LogP contribution in [0.25, 0.3) is 0 Å². The lowest BCUT2D eigenvalue weighted by molar-refractivity contribution is 0.536. The van der Waals surface area contributed by atoms with E-state index in [1.165, 1.54) is 6.07 Å². The van der Waals surface area contributed by atoms with Crippen LogP contribution in [-0.2, 0) is 10.0 Å². The maximum absolute atomic E-state index is 13.1. The lowest BCUT2D eigenvalue weighted by Gasteiger charge is -2.13. The summed E-state index contributed by atoms with van der Waals surface area (Å²) in [5.41, 5.74) is 5.53. The van der Waals surface area contributed by atoms with Gasteiger partial charge in [-0.15, -0.1) is 0 Å². The number of benzene rings is 1. The molecule has 1 aromatic carbocycles. The van der Waals surface area contributed by atoms with Gasteiger partial charge in [0.25, 0.3) is 0 Å². The van der Waals surface area contributed by atoms with Crippen LogP contribution in [0.4, 0.5) is 10.1 Å². The van der Waals surface area contributed by atoms with Crippen LogP contribution < -0.4 is 10.5 Å². The summed E-state index contributed by atoms with van der Waals surface area (Å²) in [6.45, 7) is 1.82. The highest BCUT2D eigenvalue weighted by molar-refractivity contribution is 7.89. The number of hydrogen-bond acceptors (Lipinski definition) is 3. The Labute approximate surface area is 100 Å². The first-order valence-corrected chi connectivity index (χ1v) is 6.95. The van der Waals surface area contributed by atoms with E-state index in [-0.39, 0.29) is 16.6 Å². The Morgan fingerprint density at radius 1 is 1.41 bits per heavy atom. The maximum atomic E-state index is 13.1. The van der Waals surface area contributed by atoms with Gasteiger partial charge in [0.1, 0.15) is 5.82 Å². The van der Waals surface area contributed by atoms with Gasteiger partial charge in [-0.1, -0.05) is 0 Å². The van der Waals surface area contributed by atoms with Gasteiger partial charge in [0.15, 0.2) is 0 Å². The van der Waals surface area contributed by atoms with E-state index >= 15 is 0 Å². The van der Waals surface area contributed by atoms with E-state index in [1.54, 1.807) is 0 Å². The van der Waals surface area contributed by atoms with Crippen molar-refractivity contribution in [3.05, 3.63) is 24.0 Å². The summed E-state index contributed by atoms with van der Waals surface area (Å²) in [5, 5.41) is 0. The lowest BCUT2D eigenvalue weighted by atomic mass is 10.2. The highest BCUT2D eigenvalue weighted by Crippen LogP contribution is 2.33. The van der Waals surface area contributed by atoms with Gasteiger partial charge in [-0.25, -0.2) is 17.5 Å². The number of nitrogens with one attached hydrogen (secondary N) is 1. The van der Waals surface area contributed by atoms with Gasteiger partial charge in [0.2, 0.25) is 10.0 Å². The number of sulfonamides is 1. The molecule has 0 amide bonds. The molecule has 6 heteroatoms. The third kappa shape index (κ3) is 2.95. The van der Waals surface area contributed by atoms with Crippen LogP contribution in [0.15, 0.2) is 23.1 Å². The van der Waals surface area contributed by atoms with Gasteiger partial charge in [-0.3, -0.25) is 0 Å². The quantitative estimate of drug-likeness (QED) is 0.804. The molecule has 1 fully saturated rings. The average Bonchev–Trinajstić information content (AvgIpc) is 2.97. The van der Waals surface area contributed by atoms with E-state index < -0.39 is 15.8 Å². The molecule has 0 aromatic heterocycles. The zero-order chi connectivity index (χ0) is 12.6. The molecule has 0 aliphatic heterocycles. The molecule has 1 aromatic rings. The Morgan fingerprint density at radius 2 is 2.06 bits per heavy atom. The van der Waals surface area contributed by atoms with Crippen molar-refractivity contribution < 1.29 is 12.8 Å². The Kier molecular flexibility index (Phi) is 3.09. The zero-order valence-electron chi connectivity index (χ0n) is 9.48. The molecule has 1 aliphatic carbocycles. The Balaban J connectivity index is 2.24. The minimum absolute atomic E-state index is 0.101. The number of anilines is 1. The average molecular weight is 258 g/mol. The highest BCUT2D eigenvalue weighted by atomic mass is 32.2. The lowest BCUT2D eigenvalue weighted by Crippen LogP contribution is -2.34. The predicted octanol–water partition coefficient (Wildman–Crippen LogP) is 1.48. The third-order valence-corrected chi connectivity index (χ3v) is 4.41. The zero-order valence-corrected chi connectivity index (χ0v) is 10.3. The molecule has 3 N–H and O–H groups in total. The Bertz CT molecular complexity index is 506. The fraction of sp³-hybridized carbons (Fsp3) is 0.455. The second kappa shape index (κ2) is 4.27. The molecule has 17 heavy (non-hydrogen) atoms. The van der Waals surface area contributed by atoms with Crippen LogP contribution >= 0.6 is 0 Å². The van der Waals surface area contributed by atoms with Gasteiger partial charge in [0, 0.05) is 11.7 Å². The summed E-state index contributed by atoms with van der Waals surface area (Å²) in [4.78, 5) is -0.123. The van der Waals surface area contributed by atoms with Crippen LogP contribution in [0, 0.1) is 11.7 Å². The molecule has 1 saturated carbocycles. The Morgan fingerprint density at radius 3 is 2.59 bits per heavy atom. The van der Waals surface area contributed by atoms with Crippen LogP contribution in [0.5, 0.6) is 0 Å². The van der Waals surface area contributed by atoms with E-state index in [4.69, 9.17) is 5.73 Å². The number of halogens is 1. The molecule has 1 unspecified atom stereocenters. The standard InChI is InChI=1S/C11H15FN2O2S/c1-7(8-2-3-8)14-17(15,16)11-5-9(12)4-10(13)6-11/h4-8,14H,2-3,13H2,1H3. The smallest absolute Gasteiger partial charge is 0.240 e. The normalized spacial score (nSPS) is 18.0. The van der Waals surface area contributed by atoms with E-state index in [2.05, 4.69) is 4.72 Å². The van der Waals surface area contributed by atoms with Crippen molar-refractivity contribution in [2.75, 3.05) is 5.73 Å². The van der Waals surface area contributed by atoms with Gasteiger partial charge >= 0.3 is 0 Å². The summed E-state index contributed by atoms with van der Waals surface area (Å²) in [6, 6.07) is 3.19. The van der Waals surface area contributed by atoms with Gasteiger partial charge in [0.05, 0.1) is 4.90 Å². The molecule has 1 aliphatic rings. The van der Waals surface area contributed by atoms with Gasteiger partial charge in [-0.05, 0) is 43.9 Å². The van der Waals surface area contributed by atoms with Gasteiger partial charge in [-0.2, -0.15) is 0 Å². The minimum atomic E-state index is -3.68. The van der Waals surface area contributed by atoms with Crippen molar-refractivity contribution in [3.63, 3.8) is 0 Å². The number of rotatable bonds is 4. The molecule has 0 spiro atoms. The van der Waals surface area contributed by atoms with E-state index in [9.17, 15) is 12.8 Å². The van der Waals surface area contributed by atoms with E-state index in [1.807, 2.05) is 6.92 Å². The fourth-order valence-corrected chi connectivity index (χ4v) is 3.12. The Hall–Kier alpha value is -1.14. The molecule has 94 valence electrons. The molecule has 0 heterocycles. The van der Waals surface area contributed by atoms with Crippen molar-refractivity contribution in [2.24, 2.45) is 5.92 Å². The van der Waals surface area contributed by atoms with Gasteiger partial charge < -0.3 is 5.73 Å². The fourth-order valence-electron chi connectivity index (χ4n) is 1.74. The van der Waals surface area contributed by atoms with Crippen molar-refractivity contribution in [3.8, 4) is 0 Å². The number of hydrogen-bond donors (Lipinski definition) is 2. The first-order chi connectivity index (χ1) is 7.88. The molecule has 0 saturated heterocycles. The number of nitrogens with two attached hydrogens (primary N) is 1. The van der Waals surface area contributed by atoms with Crippen molar-refractivity contribution in [1.29, 1.82) is 0 Å². The molecule has 1 atom stereocenters. The van der Waals surface area contributed by atoms with Crippen molar-refractivity contribution in [1.82, 2.24) is 4.72 Å². The monoisotopic (exact) mass is 258 g/mol. The summed E-state index contributed by atoms with van der Waals surface area (Å²) >= 11 is 0. The van der Waals surface area contributed by atoms with Crippen LogP contribution in [0.2, 0.25) is 0 Å². The minimum Gasteiger partial charge on any atom is -0.399 e. The maximum Gasteiger partial charge on any atom is 0.240 e. The first-order valence-electron chi connectivity index (χ1n) is 5.47. The second-order valence-electron chi connectivity index (χ2n) is 4.47. The SMILES string of the molecule is CC(NS(=O)(=O)c1cc(N)cc(F)c1)C1CC1. The molecular weight excluding hydrogens is 243 g/mol. The predicted molar refractivity (Wildman–Crippen MR) is 63.3 cm³/mol. The van der Waals surface area contributed by atoms with Crippen LogP contribution in [-0.4, -0.2) is 14.5 Å². The molecule has 2 rings (SSSR count). The van der Waals surface area contributed by atoms with E-state index in [0.717, 1.165) is 25.0 Å². The van der Waals surface area contributed by atoms with Crippen molar-refractivity contribution in [2.45, 2.75) is 30.7 Å². The summed E-state index contributed by atoms with van der Waals surface area (Å²) < 4.78 is 39.5.